The number of aromatic nitrogens is 2. The third-order valence-corrected chi connectivity index (χ3v) is 3.92. The Morgan fingerprint density at radius 1 is 1.39 bits per heavy atom. The Bertz CT molecular complexity index is 754. The van der Waals surface area contributed by atoms with E-state index in [1.165, 1.54) is 6.07 Å². The second kappa shape index (κ2) is 6.21. The van der Waals surface area contributed by atoms with Crippen LogP contribution >= 0.6 is 0 Å². The number of H-pyrrole nitrogens is 1. The van der Waals surface area contributed by atoms with Gasteiger partial charge in [-0.15, -0.1) is 0 Å². The fourth-order valence-electron chi connectivity index (χ4n) is 2.87. The number of hydrogen-bond donors (Lipinski definition) is 2. The molecule has 2 heterocycles. The zero-order valence-electron chi connectivity index (χ0n) is 12.6. The minimum atomic E-state index is -0.528. The molecule has 1 aromatic carbocycles. The van der Waals surface area contributed by atoms with E-state index in [2.05, 4.69) is 10.2 Å². The molecule has 2 N–H and O–H groups in total. The molecule has 7 heteroatoms. The molecule has 1 saturated heterocycles. The summed E-state index contributed by atoms with van der Waals surface area (Å²) in [7, 11) is 0. The highest BCUT2D eigenvalue weighted by Crippen LogP contribution is 2.31. The Balaban J connectivity index is 1.91. The molecule has 1 aromatic heterocycles. The summed E-state index contributed by atoms with van der Waals surface area (Å²) < 4.78 is 5.06. The number of carbonyl (C=O) groups is 1. The molecule has 0 saturated carbocycles. The van der Waals surface area contributed by atoms with E-state index in [-0.39, 0.29) is 5.56 Å². The normalized spacial score (nSPS) is 20.5. The van der Waals surface area contributed by atoms with Gasteiger partial charge in [0.05, 0.1) is 11.8 Å². The van der Waals surface area contributed by atoms with Crippen LogP contribution in [0.25, 0.3) is 11.3 Å². The molecule has 1 aliphatic rings. The Morgan fingerprint density at radius 2 is 2.22 bits per heavy atom. The summed E-state index contributed by atoms with van der Waals surface area (Å²) in [6.07, 6.45) is -0.598. The average molecular weight is 315 g/mol. The van der Waals surface area contributed by atoms with Crippen molar-refractivity contribution < 1.29 is 14.6 Å². The molecule has 7 nitrogen and oxygen atoms in total. The van der Waals surface area contributed by atoms with E-state index < -0.39 is 12.3 Å². The first kappa shape index (κ1) is 15.2. The summed E-state index contributed by atoms with van der Waals surface area (Å²) in [6.45, 7) is 2.76. The van der Waals surface area contributed by atoms with Gasteiger partial charge in [0.2, 0.25) is 0 Å². The summed E-state index contributed by atoms with van der Waals surface area (Å²) in [6, 6.07) is 8.81. The van der Waals surface area contributed by atoms with Crippen molar-refractivity contribution in [2.45, 2.75) is 25.7 Å². The van der Waals surface area contributed by atoms with Gasteiger partial charge >= 0.3 is 0 Å². The van der Waals surface area contributed by atoms with Gasteiger partial charge in [-0.05, 0) is 30.7 Å². The molecule has 1 aliphatic heterocycles. The number of nitrogens with one attached hydrogen (secondary N) is 1. The van der Waals surface area contributed by atoms with Crippen LogP contribution in [0.15, 0.2) is 35.1 Å². The van der Waals surface area contributed by atoms with Gasteiger partial charge in [-0.1, -0.05) is 6.07 Å². The van der Waals surface area contributed by atoms with Crippen molar-refractivity contribution >= 4 is 12.2 Å². The molecule has 23 heavy (non-hydrogen) atoms. The minimum Gasteiger partial charge on any atom is -0.444 e. The largest absolute Gasteiger partial charge is 0.444 e. The molecule has 0 aliphatic carbocycles. The third kappa shape index (κ3) is 3.09. The van der Waals surface area contributed by atoms with E-state index in [9.17, 15) is 14.7 Å². The first-order valence-corrected chi connectivity index (χ1v) is 7.29. The molecule has 0 bridgehead atoms. The van der Waals surface area contributed by atoms with Crippen molar-refractivity contribution in [2.75, 3.05) is 11.4 Å². The van der Waals surface area contributed by atoms with Gasteiger partial charge in [-0.3, -0.25) is 9.59 Å². The smallest absolute Gasteiger partial charge is 0.295 e. The van der Waals surface area contributed by atoms with Crippen LogP contribution in [0.3, 0.4) is 0 Å². The molecule has 2 aromatic rings. The number of aryl methyl sites for hydroxylation is 1. The van der Waals surface area contributed by atoms with Crippen molar-refractivity contribution in [1.29, 1.82) is 0 Å². The lowest BCUT2D eigenvalue weighted by atomic mass is 10.1. The number of ether oxygens (including phenoxy) is 1. The Kier molecular flexibility index (Phi) is 4.12. The van der Waals surface area contributed by atoms with Crippen molar-refractivity contribution in [2.24, 2.45) is 0 Å². The summed E-state index contributed by atoms with van der Waals surface area (Å²) in [5.41, 5.74) is 3.14. The summed E-state index contributed by atoms with van der Waals surface area (Å²) >= 11 is 0. The van der Waals surface area contributed by atoms with Gasteiger partial charge in [0.15, 0.2) is 6.23 Å². The lowest BCUT2D eigenvalue weighted by Crippen LogP contribution is -2.32. The van der Waals surface area contributed by atoms with Gasteiger partial charge in [0.25, 0.3) is 12.0 Å². The number of aliphatic hydroxyl groups excluding tert-OH is 1. The van der Waals surface area contributed by atoms with Crippen LogP contribution in [0.4, 0.5) is 5.69 Å². The highest BCUT2D eigenvalue weighted by atomic mass is 16.5. The van der Waals surface area contributed by atoms with Crippen LogP contribution < -0.4 is 10.5 Å². The van der Waals surface area contributed by atoms with Gasteiger partial charge < -0.3 is 14.7 Å². The zero-order valence-corrected chi connectivity index (χ0v) is 12.6. The summed E-state index contributed by atoms with van der Waals surface area (Å²) in [5, 5.41) is 16.2. The number of β-amino-alcohol motifs (C(OH)–C–C–N with tert-alkyl or cyclic N) is 1. The summed E-state index contributed by atoms with van der Waals surface area (Å²) in [4.78, 5) is 23.6. The van der Waals surface area contributed by atoms with Crippen molar-refractivity contribution in [3.05, 3.63) is 46.2 Å². The van der Waals surface area contributed by atoms with Crippen LogP contribution in [0.1, 0.15) is 12.0 Å². The molecule has 1 fully saturated rings. The predicted molar refractivity (Wildman–Crippen MR) is 83.9 cm³/mol. The minimum absolute atomic E-state index is 0.248. The van der Waals surface area contributed by atoms with Gasteiger partial charge in [0, 0.05) is 30.3 Å². The van der Waals surface area contributed by atoms with Crippen molar-refractivity contribution in [1.82, 2.24) is 10.2 Å². The number of hydrogen-bond acceptors (Lipinski definition) is 6. The van der Waals surface area contributed by atoms with E-state index in [4.69, 9.17) is 4.74 Å². The van der Waals surface area contributed by atoms with Crippen LogP contribution in [0.2, 0.25) is 0 Å². The molecule has 1 unspecified atom stereocenters. The van der Waals surface area contributed by atoms with E-state index in [1.54, 1.807) is 6.07 Å². The van der Waals surface area contributed by atoms with E-state index in [1.807, 2.05) is 30.0 Å². The quantitative estimate of drug-likeness (QED) is 0.811. The van der Waals surface area contributed by atoms with Crippen LogP contribution in [-0.2, 0) is 9.53 Å². The third-order valence-electron chi connectivity index (χ3n) is 3.92. The molecule has 0 spiro atoms. The Hall–Kier alpha value is -2.67. The fraction of sp³-hybridized carbons (Fsp3) is 0.312. The number of anilines is 1. The maximum absolute atomic E-state index is 11.1. The topological polar surface area (TPSA) is 95.5 Å². The summed E-state index contributed by atoms with van der Waals surface area (Å²) in [5.74, 6) is 0. The first-order chi connectivity index (χ1) is 11.1. The average Bonchev–Trinajstić information content (AvgIpc) is 2.89. The predicted octanol–water partition coefficient (Wildman–Crippen LogP) is 0.815. The fourth-order valence-corrected chi connectivity index (χ4v) is 2.87. The first-order valence-electron chi connectivity index (χ1n) is 7.29. The molecular weight excluding hydrogens is 298 g/mol. The van der Waals surface area contributed by atoms with Crippen molar-refractivity contribution in [3.63, 3.8) is 0 Å². The lowest BCUT2D eigenvalue weighted by Gasteiger charge is -2.26. The molecular formula is C16H17N3O4. The number of benzene rings is 1. The Labute approximate surface area is 132 Å². The van der Waals surface area contributed by atoms with Gasteiger partial charge in [-0.2, -0.15) is 5.10 Å². The SMILES string of the molecule is Cc1cc(-c2ccc(=O)[nH]n2)ccc1N1CC(O)C[C@H]1OC=O. The zero-order chi connectivity index (χ0) is 16.4. The second-order valence-electron chi connectivity index (χ2n) is 5.54. The monoisotopic (exact) mass is 315 g/mol. The lowest BCUT2D eigenvalue weighted by molar-refractivity contribution is -0.133. The number of aliphatic hydroxyl groups is 1. The van der Waals surface area contributed by atoms with Crippen LogP contribution in [0.5, 0.6) is 0 Å². The molecule has 0 radical (unpaired) electrons. The van der Waals surface area contributed by atoms with Gasteiger partial charge in [0.1, 0.15) is 0 Å². The highest BCUT2D eigenvalue weighted by Gasteiger charge is 2.33. The highest BCUT2D eigenvalue weighted by molar-refractivity contribution is 5.66. The van der Waals surface area contributed by atoms with E-state index >= 15 is 0 Å². The van der Waals surface area contributed by atoms with E-state index in [0.717, 1.165) is 16.8 Å². The van der Waals surface area contributed by atoms with Gasteiger partial charge in [-0.25, -0.2) is 5.10 Å². The molecule has 0 amide bonds. The number of aromatic amines is 1. The van der Waals surface area contributed by atoms with Crippen molar-refractivity contribution in [3.8, 4) is 11.3 Å². The number of rotatable bonds is 4. The molecule has 3 rings (SSSR count). The number of nitrogens with zero attached hydrogens (tertiary/aromatic N) is 2. The molecule has 120 valence electrons. The maximum Gasteiger partial charge on any atom is 0.295 e. The maximum atomic E-state index is 11.1. The standard InChI is InChI=1S/C16H17N3O4/c1-10-6-11(13-3-5-15(22)18-17-13)2-4-14(10)19-8-12(21)7-16(19)23-9-20/h2-6,9,12,16,21H,7-8H2,1H3,(H,18,22)/t12?,16-/m1/s1. The molecule has 2 atom stereocenters. The Morgan fingerprint density at radius 3 is 2.87 bits per heavy atom. The number of carbonyl (C=O) groups excluding carboxylic acids is 1. The van der Waals surface area contributed by atoms with Crippen LogP contribution in [-0.4, -0.2) is 40.7 Å². The van der Waals surface area contributed by atoms with E-state index in [0.29, 0.717) is 25.1 Å². The van der Waals surface area contributed by atoms with Crippen LogP contribution in [0, 0.1) is 6.92 Å². The second-order valence-corrected chi connectivity index (χ2v) is 5.54.